The molecule has 0 aliphatic heterocycles. The van der Waals surface area contributed by atoms with E-state index in [1.807, 2.05) is 0 Å². The number of hydrogen-bond donors (Lipinski definition) is 1. The maximum absolute atomic E-state index is 12.5. The van der Waals surface area contributed by atoms with Crippen molar-refractivity contribution in [2.45, 2.75) is 51.6 Å². The van der Waals surface area contributed by atoms with Gasteiger partial charge in [-0.2, -0.15) is 13.2 Å². The summed E-state index contributed by atoms with van der Waals surface area (Å²) in [6.07, 6.45) is 0.652. The van der Waals surface area contributed by atoms with Gasteiger partial charge in [0, 0.05) is 13.1 Å². The number of nitrogens with two attached hydrogens (primary N) is 1. The van der Waals surface area contributed by atoms with E-state index in [2.05, 4.69) is 0 Å². The van der Waals surface area contributed by atoms with Crippen LogP contribution in [0.1, 0.15) is 45.4 Å². The summed E-state index contributed by atoms with van der Waals surface area (Å²) in [6.45, 7) is 0.606. The summed E-state index contributed by atoms with van der Waals surface area (Å²) in [5.41, 5.74) is 4.96. The summed E-state index contributed by atoms with van der Waals surface area (Å²) in [5, 5.41) is 0. The SMILES string of the molecule is CCN(CC(F)(F)F)C(=O)C1(CN)CCCCCC1. The van der Waals surface area contributed by atoms with Crippen LogP contribution >= 0.6 is 0 Å². The lowest BCUT2D eigenvalue weighted by molar-refractivity contribution is -0.167. The molecule has 0 atom stereocenters. The first-order valence-corrected chi connectivity index (χ1v) is 6.91. The Hall–Kier alpha value is -0.780. The van der Waals surface area contributed by atoms with Gasteiger partial charge in [0.1, 0.15) is 6.54 Å². The van der Waals surface area contributed by atoms with Crippen LogP contribution in [0.2, 0.25) is 0 Å². The first kappa shape index (κ1) is 16.3. The number of rotatable bonds is 4. The number of alkyl halides is 3. The molecule has 0 bridgehead atoms. The van der Waals surface area contributed by atoms with Crippen molar-refractivity contribution in [3.8, 4) is 0 Å². The predicted molar refractivity (Wildman–Crippen MR) is 67.5 cm³/mol. The first-order valence-electron chi connectivity index (χ1n) is 6.91. The van der Waals surface area contributed by atoms with E-state index in [9.17, 15) is 18.0 Å². The largest absolute Gasteiger partial charge is 0.406 e. The van der Waals surface area contributed by atoms with E-state index in [1.54, 1.807) is 6.92 Å². The lowest BCUT2D eigenvalue weighted by Crippen LogP contribution is -2.50. The van der Waals surface area contributed by atoms with Crippen molar-refractivity contribution in [2.24, 2.45) is 11.1 Å². The van der Waals surface area contributed by atoms with Crippen LogP contribution in [0.3, 0.4) is 0 Å². The summed E-state index contributed by atoms with van der Waals surface area (Å²) in [4.78, 5) is 13.4. The highest BCUT2D eigenvalue weighted by atomic mass is 19.4. The van der Waals surface area contributed by atoms with Crippen LogP contribution in [-0.4, -0.2) is 36.6 Å². The van der Waals surface area contributed by atoms with Crippen LogP contribution < -0.4 is 5.73 Å². The van der Waals surface area contributed by atoms with Crippen molar-refractivity contribution in [3.63, 3.8) is 0 Å². The van der Waals surface area contributed by atoms with E-state index in [-0.39, 0.29) is 13.1 Å². The number of carbonyl (C=O) groups excluding carboxylic acids is 1. The predicted octanol–water partition coefficient (Wildman–Crippen LogP) is 2.70. The molecule has 19 heavy (non-hydrogen) atoms. The Morgan fingerprint density at radius 2 is 1.74 bits per heavy atom. The van der Waals surface area contributed by atoms with Gasteiger partial charge in [-0.1, -0.05) is 25.7 Å². The van der Waals surface area contributed by atoms with Gasteiger partial charge in [0.15, 0.2) is 0 Å². The molecular formula is C13H23F3N2O. The standard InChI is InChI=1S/C13H23F3N2O/c1-2-18(10-13(14,15)16)11(19)12(9-17)7-5-3-4-6-8-12/h2-10,17H2,1H3. The van der Waals surface area contributed by atoms with Crippen LogP contribution in [0.15, 0.2) is 0 Å². The molecule has 1 rings (SSSR count). The fraction of sp³-hybridized carbons (Fsp3) is 0.923. The van der Waals surface area contributed by atoms with E-state index in [0.717, 1.165) is 30.6 Å². The highest BCUT2D eigenvalue weighted by Gasteiger charge is 2.42. The van der Waals surface area contributed by atoms with E-state index in [0.29, 0.717) is 12.8 Å². The molecule has 0 aromatic heterocycles. The number of carbonyl (C=O) groups is 1. The van der Waals surface area contributed by atoms with Crippen molar-refractivity contribution in [3.05, 3.63) is 0 Å². The van der Waals surface area contributed by atoms with Gasteiger partial charge in [-0.25, -0.2) is 0 Å². The van der Waals surface area contributed by atoms with E-state index < -0.39 is 24.0 Å². The molecule has 6 heteroatoms. The smallest absolute Gasteiger partial charge is 0.333 e. The molecule has 1 fully saturated rings. The number of amides is 1. The Labute approximate surface area is 112 Å². The average molecular weight is 280 g/mol. The number of nitrogens with zero attached hydrogens (tertiary/aromatic N) is 1. The molecule has 112 valence electrons. The second-order valence-corrected chi connectivity index (χ2v) is 5.33. The van der Waals surface area contributed by atoms with Gasteiger partial charge in [-0.3, -0.25) is 4.79 Å². The second-order valence-electron chi connectivity index (χ2n) is 5.33. The zero-order valence-corrected chi connectivity index (χ0v) is 11.4. The van der Waals surface area contributed by atoms with Gasteiger partial charge in [-0.05, 0) is 19.8 Å². The van der Waals surface area contributed by atoms with Crippen LogP contribution in [0.5, 0.6) is 0 Å². The molecule has 1 aliphatic rings. The molecule has 0 unspecified atom stereocenters. The quantitative estimate of drug-likeness (QED) is 0.805. The second kappa shape index (κ2) is 6.59. The van der Waals surface area contributed by atoms with Gasteiger partial charge in [-0.15, -0.1) is 0 Å². The van der Waals surface area contributed by atoms with Crippen LogP contribution in [0.25, 0.3) is 0 Å². The third kappa shape index (κ3) is 4.37. The summed E-state index contributed by atoms with van der Waals surface area (Å²) in [5.74, 6) is -0.420. The van der Waals surface area contributed by atoms with Gasteiger partial charge in [0.25, 0.3) is 0 Å². The summed E-state index contributed by atoms with van der Waals surface area (Å²) < 4.78 is 37.5. The molecule has 0 spiro atoms. The zero-order chi connectivity index (χ0) is 14.5. The van der Waals surface area contributed by atoms with Crippen molar-refractivity contribution in [2.75, 3.05) is 19.6 Å². The molecule has 2 N–H and O–H groups in total. The van der Waals surface area contributed by atoms with Gasteiger partial charge in [0.2, 0.25) is 5.91 Å². The highest BCUT2D eigenvalue weighted by molar-refractivity contribution is 5.83. The molecule has 0 aromatic rings. The minimum atomic E-state index is -4.35. The fourth-order valence-corrected chi connectivity index (χ4v) is 2.79. The number of hydrogen-bond acceptors (Lipinski definition) is 2. The van der Waals surface area contributed by atoms with Gasteiger partial charge < -0.3 is 10.6 Å². The molecule has 3 nitrogen and oxygen atoms in total. The Balaban J connectivity index is 2.85. The summed E-state index contributed by atoms with van der Waals surface area (Å²) >= 11 is 0. The summed E-state index contributed by atoms with van der Waals surface area (Å²) in [6, 6.07) is 0. The van der Waals surface area contributed by atoms with E-state index >= 15 is 0 Å². The minimum absolute atomic E-state index is 0.0695. The van der Waals surface area contributed by atoms with Gasteiger partial charge >= 0.3 is 6.18 Å². The van der Waals surface area contributed by atoms with Gasteiger partial charge in [0.05, 0.1) is 5.41 Å². The molecule has 0 heterocycles. The van der Waals surface area contributed by atoms with Crippen LogP contribution in [0, 0.1) is 5.41 Å². The molecule has 1 saturated carbocycles. The van der Waals surface area contributed by atoms with Crippen LogP contribution in [-0.2, 0) is 4.79 Å². The maximum Gasteiger partial charge on any atom is 0.406 e. The first-order chi connectivity index (χ1) is 8.84. The van der Waals surface area contributed by atoms with Crippen molar-refractivity contribution >= 4 is 5.91 Å². The zero-order valence-electron chi connectivity index (χ0n) is 11.4. The topological polar surface area (TPSA) is 46.3 Å². The van der Waals surface area contributed by atoms with Crippen LogP contribution in [0.4, 0.5) is 13.2 Å². The van der Waals surface area contributed by atoms with Crippen molar-refractivity contribution < 1.29 is 18.0 Å². The fourth-order valence-electron chi connectivity index (χ4n) is 2.79. The molecule has 0 saturated heterocycles. The Kier molecular flexibility index (Phi) is 5.64. The minimum Gasteiger partial charge on any atom is -0.333 e. The highest BCUT2D eigenvalue weighted by Crippen LogP contribution is 2.36. The maximum atomic E-state index is 12.5. The van der Waals surface area contributed by atoms with Crippen molar-refractivity contribution in [1.82, 2.24) is 4.90 Å². The third-order valence-electron chi connectivity index (χ3n) is 3.94. The Morgan fingerprint density at radius 1 is 1.21 bits per heavy atom. The van der Waals surface area contributed by atoms with Crippen molar-refractivity contribution in [1.29, 1.82) is 0 Å². The van der Waals surface area contributed by atoms with E-state index in [1.165, 1.54) is 0 Å². The average Bonchev–Trinajstić information content (AvgIpc) is 2.60. The third-order valence-corrected chi connectivity index (χ3v) is 3.94. The molecule has 1 amide bonds. The Morgan fingerprint density at radius 3 is 2.11 bits per heavy atom. The lowest BCUT2D eigenvalue weighted by atomic mass is 9.79. The summed E-state index contributed by atoms with van der Waals surface area (Å²) in [7, 11) is 0. The molecule has 0 radical (unpaired) electrons. The lowest BCUT2D eigenvalue weighted by Gasteiger charge is -2.35. The number of halogens is 3. The monoisotopic (exact) mass is 280 g/mol. The molecule has 0 aromatic carbocycles. The normalized spacial score (nSPS) is 19.8. The molecule has 1 aliphatic carbocycles. The Bertz CT molecular complexity index is 297. The van der Waals surface area contributed by atoms with E-state index in [4.69, 9.17) is 5.73 Å². The molecular weight excluding hydrogens is 257 g/mol.